The fraction of sp³-hybridized carbons (Fsp3) is 0.429. The fourth-order valence-corrected chi connectivity index (χ4v) is 2.86. The van der Waals surface area contributed by atoms with Gasteiger partial charge in [0, 0.05) is 28.6 Å². The largest absolute Gasteiger partial charge is 0.379 e. The molecule has 90 valence electrons. The third-order valence-corrected chi connectivity index (χ3v) is 3.63. The molecule has 1 aliphatic rings. The zero-order valence-corrected chi connectivity index (χ0v) is 10.1. The molecular formula is C14H18N2O. The summed E-state index contributed by atoms with van der Waals surface area (Å²) in [5.74, 6) is 0. The van der Waals surface area contributed by atoms with Gasteiger partial charge in [0.1, 0.15) is 0 Å². The van der Waals surface area contributed by atoms with Crippen molar-refractivity contribution in [2.75, 3.05) is 13.2 Å². The summed E-state index contributed by atoms with van der Waals surface area (Å²) >= 11 is 0. The highest BCUT2D eigenvalue weighted by Crippen LogP contribution is 2.40. The fourth-order valence-electron chi connectivity index (χ4n) is 2.86. The summed E-state index contributed by atoms with van der Waals surface area (Å²) in [5.41, 5.74) is 8.64. The highest BCUT2D eigenvalue weighted by Gasteiger charge is 2.42. The maximum atomic E-state index is 5.97. The maximum Gasteiger partial charge on any atom is 0.0587 e. The van der Waals surface area contributed by atoms with E-state index in [4.69, 9.17) is 10.5 Å². The molecule has 1 saturated heterocycles. The molecular weight excluding hydrogens is 212 g/mol. The Bertz CT molecular complexity index is 526. The van der Waals surface area contributed by atoms with E-state index in [-0.39, 0.29) is 11.5 Å². The minimum atomic E-state index is 0.119. The number of para-hydroxylation sites is 1. The van der Waals surface area contributed by atoms with E-state index in [1.165, 1.54) is 16.5 Å². The Morgan fingerprint density at radius 2 is 2.18 bits per heavy atom. The average molecular weight is 230 g/mol. The summed E-state index contributed by atoms with van der Waals surface area (Å²) in [5, 5.41) is 1.30. The summed E-state index contributed by atoms with van der Waals surface area (Å²) < 4.78 is 5.44. The number of ether oxygens (including phenoxy) is 1. The second-order valence-corrected chi connectivity index (χ2v) is 5.20. The molecule has 1 aromatic carbocycles. The molecule has 1 atom stereocenters. The van der Waals surface area contributed by atoms with Crippen molar-refractivity contribution in [1.82, 2.24) is 4.98 Å². The number of hydrogen-bond acceptors (Lipinski definition) is 2. The summed E-state index contributed by atoms with van der Waals surface area (Å²) in [6.07, 6.45) is 3.10. The third kappa shape index (κ3) is 1.66. The van der Waals surface area contributed by atoms with E-state index < -0.39 is 0 Å². The lowest BCUT2D eigenvalue weighted by atomic mass is 9.74. The van der Waals surface area contributed by atoms with Crippen LogP contribution in [0.4, 0.5) is 0 Å². The molecule has 0 amide bonds. The summed E-state index contributed by atoms with van der Waals surface area (Å²) in [4.78, 5) is 3.34. The van der Waals surface area contributed by atoms with Gasteiger partial charge >= 0.3 is 0 Å². The first-order valence-corrected chi connectivity index (χ1v) is 6.11. The lowest BCUT2D eigenvalue weighted by Gasteiger charge is -2.42. The second-order valence-electron chi connectivity index (χ2n) is 5.20. The minimum Gasteiger partial charge on any atom is -0.379 e. The number of fused-ring (bicyclic) bond motifs is 1. The van der Waals surface area contributed by atoms with Crippen molar-refractivity contribution in [3.8, 4) is 0 Å². The number of nitrogens with one attached hydrogen (secondary N) is 1. The Morgan fingerprint density at radius 1 is 1.41 bits per heavy atom. The molecule has 0 saturated carbocycles. The predicted octanol–water partition coefficient (Wildman–Crippen LogP) is 2.17. The maximum absolute atomic E-state index is 5.97. The van der Waals surface area contributed by atoms with E-state index in [0.29, 0.717) is 0 Å². The first kappa shape index (κ1) is 10.8. The van der Waals surface area contributed by atoms with E-state index in [1.807, 2.05) is 0 Å². The van der Waals surface area contributed by atoms with Crippen molar-refractivity contribution in [3.63, 3.8) is 0 Å². The number of rotatable bonds is 3. The number of H-pyrrole nitrogens is 1. The minimum absolute atomic E-state index is 0.119. The first-order valence-electron chi connectivity index (χ1n) is 6.11. The van der Waals surface area contributed by atoms with Crippen LogP contribution in [-0.4, -0.2) is 24.2 Å². The van der Waals surface area contributed by atoms with Crippen LogP contribution >= 0.6 is 0 Å². The number of aromatic amines is 1. The Labute approximate surface area is 101 Å². The van der Waals surface area contributed by atoms with Crippen molar-refractivity contribution in [1.29, 1.82) is 0 Å². The normalized spacial score (nSPS) is 20.1. The van der Waals surface area contributed by atoms with Gasteiger partial charge in [0.2, 0.25) is 0 Å². The molecule has 17 heavy (non-hydrogen) atoms. The number of aromatic nitrogens is 1. The van der Waals surface area contributed by atoms with Crippen molar-refractivity contribution in [3.05, 3.63) is 36.0 Å². The quantitative estimate of drug-likeness (QED) is 0.849. The molecule has 0 radical (unpaired) electrons. The van der Waals surface area contributed by atoms with Gasteiger partial charge in [-0.15, -0.1) is 0 Å². The van der Waals surface area contributed by atoms with Gasteiger partial charge in [-0.25, -0.2) is 0 Å². The molecule has 1 aromatic heterocycles. The molecule has 0 bridgehead atoms. The Kier molecular flexibility index (Phi) is 2.45. The molecule has 2 aromatic rings. The zero-order valence-electron chi connectivity index (χ0n) is 10.1. The van der Waals surface area contributed by atoms with Crippen LogP contribution < -0.4 is 5.73 Å². The van der Waals surface area contributed by atoms with Gasteiger partial charge in [0.25, 0.3) is 0 Å². The van der Waals surface area contributed by atoms with Gasteiger partial charge < -0.3 is 15.5 Å². The zero-order chi connectivity index (χ0) is 11.9. The van der Waals surface area contributed by atoms with Gasteiger partial charge in [-0.3, -0.25) is 0 Å². The smallest absolute Gasteiger partial charge is 0.0587 e. The Balaban J connectivity index is 2.07. The monoisotopic (exact) mass is 230 g/mol. The van der Waals surface area contributed by atoms with Gasteiger partial charge in [-0.05, 0) is 25.0 Å². The summed E-state index contributed by atoms with van der Waals surface area (Å²) in [7, 11) is 0. The standard InChI is InChI=1S/C14H18N2O/c1-10(15)6-14(8-17-9-14)12-7-16-13-5-3-2-4-11(12)13/h2-5,7,10,16H,6,8-9,15H2,1H3. The Hall–Kier alpha value is -1.32. The van der Waals surface area contributed by atoms with Gasteiger partial charge in [-0.1, -0.05) is 18.2 Å². The lowest BCUT2D eigenvalue weighted by molar-refractivity contribution is -0.0657. The number of hydrogen-bond donors (Lipinski definition) is 2. The van der Waals surface area contributed by atoms with Crippen LogP contribution in [0, 0.1) is 0 Å². The molecule has 3 N–H and O–H groups in total. The lowest BCUT2D eigenvalue weighted by Crippen LogP contribution is -2.49. The van der Waals surface area contributed by atoms with Crippen LogP contribution in [0.5, 0.6) is 0 Å². The molecule has 3 nitrogen and oxygen atoms in total. The van der Waals surface area contributed by atoms with Crippen LogP contribution in [0.15, 0.2) is 30.5 Å². The van der Waals surface area contributed by atoms with E-state index >= 15 is 0 Å². The highest BCUT2D eigenvalue weighted by atomic mass is 16.5. The van der Waals surface area contributed by atoms with Crippen molar-refractivity contribution in [2.24, 2.45) is 5.73 Å². The van der Waals surface area contributed by atoms with Gasteiger partial charge in [-0.2, -0.15) is 0 Å². The molecule has 1 unspecified atom stereocenters. The summed E-state index contributed by atoms with van der Waals surface area (Å²) in [6, 6.07) is 8.62. The van der Waals surface area contributed by atoms with Crippen LogP contribution in [0.3, 0.4) is 0 Å². The molecule has 0 spiro atoms. The Morgan fingerprint density at radius 3 is 2.82 bits per heavy atom. The predicted molar refractivity (Wildman–Crippen MR) is 69.1 cm³/mol. The molecule has 3 rings (SSSR count). The van der Waals surface area contributed by atoms with Crippen molar-refractivity contribution in [2.45, 2.75) is 24.8 Å². The molecule has 0 aliphatic carbocycles. The number of benzene rings is 1. The van der Waals surface area contributed by atoms with E-state index in [9.17, 15) is 0 Å². The van der Waals surface area contributed by atoms with Crippen molar-refractivity contribution < 1.29 is 4.74 Å². The SMILES string of the molecule is CC(N)CC1(c2c[nH]c3ccccc23)COC1. The van der Waals surface area contributed by atoms with Crippen LogP contribution in [0.2, 0.25) is 0 Å². The number of nitrogens with two attached hydrogens (primary N) is 1. The molecule has 1 fully saturated rings. The van der Waals surface area contributed by atoms with E-state index in [1.54, 1.807) is 0 Å². The molecule has 3 heteroatoms. The topological polar surface area (TPSA) is 51.0 Å². The summed E-state index contributed by atoms with van der Waals surface area (Å²) in [6.45, 7) is 3.64. The molecule has 2 heterocycles. The second kappa shape index (κ2) is 3.86. The first-order chi connectivity index (χ1) is 8.21. The van der Waals surface area contributed by atoms with E-state index in [2.05, 4.69) is 42.4 Å². The van der Waals surface area contributed by atoms with Gasteiger partial charge in [0.05, 0.1) is 13.2 Å². The van der Waals surface area contributed by atoms with Crippen LogP contribution in [-0.2, 0) is 10.2 Å². The van der Waals surface area contributed by atoms with Gasteiger partial charge in [0.15, 0.2) is 0 Å². The average Bonchev–Trinajstić information content (AvgIpc) is 2.67. The van der Waals surface area contributed by atoms with Crippen LogP contribution in [0.25, 0.3) is 10.9 Å². The third-order valence-electron chi connectivity index (χ3n) is 3.63. The van der Waals surface area contributed by atoms with Crippen LogP contribution in [0.1, 0.15) is 18.9 Å². The van der Waals surface area contributed by atoms with E-state index in [0.717, 1.165) is 19.6 Å². The molecule has 1 aliphatic heterocycles. The highest BCUT2D eigenvalue weighted by molar-refractivity contribution is 5.84. The van der Waals surface area contributed by atoms with Crippen molar-refractivity contribution >= 4 is 10.9 Å².